The molecule has 3 aromatic rings. The van der Waals surface area contributed by atoms with Crippen LogP contribution in [0.3, 0.4) is 0 Å². The van der Waals surface area contributed by atoms with Gasteiger partial charge in [0.25, 0.3) is 0 Å². The minimum atomic E-state index is -1.43. The first-order chi connectivity index (χ1) is 13.9. The van der Waals surface area contributed by atoms with Crippen LogP contribution in [0.25, 0.3) is 10.9 Å². The van der Waals surface area contributed by atoms with E-state index in [-0.39, 0.29) is 0 Å². The number of hydrogen-bond donors (Lipinski definition) is 4. The Balaban J connectivity index is 1.79. The molecule has 6 nitrogen and oxygen atoms in total. The third-order valence-corrected chi connectivity index (χ3v) is 6.25. The molecule has 0 bridgehead atoms. The number of aliphatic hydroxyl groups excluding tert-OH is 4. The monoisotopic (exact) mass is 481 g/mol. The smallest absolute Gasteiger partial charge is 0.163 e. The van der Waals surface area contributed by atoms with Gasteiger partial charge in [0, 0.05) is 21.1 Å². The lowest BCUT2D eigenvalue weighted by Crippen LogP contribution is -2.56. The van der Waals surface area contributed by atoms with Crippen molar-refractivity contribution in [1.82, 2.24) is 4.57 Å². The molecule has 0 radical (unpaired) electrons. The van der Waals surface area contributed by atoms with Crippen LogP contribution in [0.4, 0.5) is 0 Å². The van der Waals surface area contributed by atoms with Gasteiger partial charge in [-0.05, 0) is 41.8 Å². The number of rotatable bonds is 4. The first-order valence-corrected chi connectivity index (χ1v) is 10.4. The number of hydrogen-bond acceptors (Lipinski definition) is 5. The minimum absolute atomic E-state index is 0.470. The Morgan fingerprint density at radius 3 is 2.41 bits per heavy atom. The average Bonchev–Trinajstić information content (AvgIpc) is 3.08. The van der Waals surface area contributed by atoms with E-state index in [1.807, 2.05) is 48.7 Å². The van der Waals surface area contributed by atoms with Gasteiger partial charge in [-0.3, -0.25) is 0 Å². The van der Waals surface area contributed by atoms with E-state index < -0.39 is 37.3 Å². The maximum atomic E-state index is 10.6. The summed E-state index contributed by atoms with van der Waals surface area (Å²) in [5.74, 6) is 0. The minimum Gasteiger partial charge on any atom is -0.394 e. The van der Waals surface area contributed by atoms with Crippen molar-refractivity contribution in [2.45, 2.75) is 37.1 Å². The topological polar surface area (TPSA) is 95.1 Å². The normalized spacial score (nSPS) is 27.4. The van der Waals surface area contributed by atoms with Gasteiger partial charge in [-0.2, -0.15) is 0 Å². The molecule has 0 unspecified atom stereocenters. The Hall–Kier alpha value is -1.45. The van der Waals surface area contributed by atoms with Crippen LogP contribution in [0, 0.1) is 0 Å². The number of aliphatic hydroxyl groups is 4. The van der Waals surface area contributed by atoms with E-state index in [0.717, 1.165) is 26.5 Å². The van der Waals surface area contributed by atoms with Crippen molar-refractivity contribution < 1.29 is 25.2 Å². The molecule has 0 spiro atoms. The van der Waals surface area contributed by atoms with Crippen molar-refractivity contribution in [2.75, 3.05) is 6.61 Å². The van der Waals surface area contributed by atoms with Gasteiger partial charge in [-0.15, -0.1) is 0 Å². The van der Waals surface area contributed by atoms with Gasteiger partial charge >= 0.3 is 0 Å². The van der Waals surface area contributed by atoms with Gasteiger partial charge in [0.2, 0.25) is 0 Å². The van der Waals surface area contributed by atoms with E-state index in [1.165, 1.54) is 0 Å². The molecule has 1 saturated heterocycles. The molecule has 2 heterocycles. The Morgan fingerprint density at radius 1 is 1.00 bits per heavy atom. The van der Waals surface area contributed by atoms with E-state index >= 15 is 0 Å². The van der Waals surface area contributed by atoms with Crippen LogP contribution in [0.5, 0.6) is 0 Å². The van der Waals surface area contributed by atoms with Crippen molar-refractivity contribution in [3.05, 3.63) is 69.3 Å². The molecule has 4 rings (SSSR count). The summed E-state index contributed by atoms with van der Waals surface area (Å²) in [4.78, 5) is 0. The third-order valence-electron chi connectivity index (χ3n) is 5.33. The summed E-state index contributed by atoms with van der Waals surface area (Å²) in [6, 6.07) is 13.3. The Bertz CT molecular complexity index is 1010. The SMILES string of the molecule is OC[C@@H]1O[C@@H](n2cc(Cc3ccc(Cl)cc3)c3c(Br)cccc32)[C@@H](O)[C@H](O)[C@H]1O. The van der Waals surface area contributed by atoms with E-state index in [4.69, 9.17) is 16.3 Å². The molecule has 2 aromatic carbocycles. The molecule has 0 aliphatic carbocycles. The van der Waals surface area contributed by atoms with Gasteiger partial charge in [-0.25, -0.2) is 0 Å². The summed E-state index contributed by atoms with van der Waals surface area (Å²) >= 11 is 9.59. The van der Waals surface area contributed by atoms with E-state index in [2.05, 4.69) is 15.9 Å². The Morgan fingerprint density at radius 2 is 1.72 bits per heavy atom. The average molecular weight is 483 g/mol. The fourth-order valence-corrected chi connectivity index (χ4v) is 4.56. The number of halogens is 2. The number of aromatic nitrogens is 1. The molecule has 4 N–H and O–H groups in total. The number of ether oxygens (including phenoxy) is 1. The van der Waals surface area contributed by atoms with Crippen LogP contribution in [-0.4, -0.2) is 56.0 Å². The number of benzene rings is 2. The van der Waals surface area contributed by atoms with Crippen LogP contribution >= 0.6 is 27.5 Å². The van der Waals surface area contributed by atoms with Crippen molar-refractivity contribution in [3.63, 3.8) is 0 Å². The largest absolute Gasteiger partial charge is 0.394 e. The first-order valence-electron chi connectivity index (χ1n) is 9.23. The highest BCUT2D eigenvalue weighted by Crippen LogP contribution is 2.36. The van der Waals surface area contributed by atoms with Crippen LogP contribution in [0.1, 0.15) is 17.4 Å². The molecule has 1 fully saturated rings. The third kappa shape index (κ3) is 3.84. The maximum absolute atomic E-state index is 10.6. The summed E-state index contributed by atoms with van der Waals surface area (Å²) < 4.78 is 8.40. The van der Waals surface area contributed by atoms with Gasteiger partial charge in [0.1, 0.15) is 24.4 Å². The molecule has 29 heavy (non-hydrogen) atoms. The fraction of sp³-hybridized carbons (Fsp3) is 0.333. The highest BCUT2D eigenvalue weighted by atomic mass is 79.9. The van der Waals surface area contributed by atoms with Crippen LogP contribution in [0.2, 0.25) is 5.02 Å². The number of nitrogens with zero attached hydrogens (tertiary/aromatic N) is 1. The zero-order chi connectivity index (χ0) is 20.7. The van der Waals surface area contributed by atoms with E-state index in [0.29, 0.717) is 11.4 Å². The lowest BCUT2D eigenvalue weighted by atomic mass is 9.98. The lowest BCUT2D eigenvalue weighted by molar-refractivity contribution is -0.250. The van der Waals surface area contributed by atoms with Crippen LogP contribution in [0.15, 0.2) is 53.1 Å². The summed E-state index contributed by atoms with van der Waals surface area (Å²) in [5, 5.41) is 42.0. The van der Waals surface area contributed by atoms with Gasteiger partial charge in [-0.1, -0.05) is 45.7 Å². The summed E-state index contributed by atoms with van der Waals surface area (Å²) in [5.41, 5.74) is 2.86. The molecule has 0 saturated carbocycles. The maximum Gasteiger partial charge on any atom is 0.163 e. The molecule has 154 valence electrons. The van der Waals surface area contributed by atoms with E-state index in [9.17, 15) is 20.4 Å². The quantitative estimate of drug-likeness (QED) is 0.459. The second-order valence-corrected chi connectivity index (χ2v) is 8.51. The van der Waals surface area contributed by atoms with Crippen molar-refractivity contribution in [3.8, 4) is 0 Å². The predicted octanol–water partition coefficient (Wildman–Crippen LogP) is 2.62. The van der Waals surface area contributed by atoms with Gasteiger partial charge in [0.05, 0.1) is 12.1 Å². The zero-order valence-corrected chi connectivity index (χ0v) is 17.7. The second-order valence-electron chi connectivity index (χ2n) is 7.22. The Kier molecular flexibility index (Phi) is 5.99. The number of fused-ring (bicyclic) bond motifs is 1. The lowest BCUT2D eigenvalue weighted by Gasteiger charge is -2.40. The summed E-state index contributed by atoms with van der Waals surface area (Å²) in [7, 11) is 0. The molecule has 8 heteroatoms. The van der Waals surface area contributed by atoms with Crippen molar-refractivity contribution >= 4 is 38.4 Å². The van der Waals surface area contributed by atoms with Crippen LogP contribution < -0.4 is 0 Å². The summed E-state index contributed by atoms with van der Waals surface area (Å²) in [6.45, 7) is -0.470. The highest BCUT2D eigenvalue weighted by Gasteiger charge is 2.44. The molecular formula is C21H21BrClNO5. The summed E-state index contributed by atoms with van der Waals surface area (Å²) in [6.07, 6.45) is -3.62. The van der Waals surface area contributed by atoms with Crippen molar-refractivity contribution in [1.29, 1.82) is 0 Å². The van der Waals surface area contributed by atoms with Gasteiger partial charge < -0.3 is 29.7 Å². The molecule has 1 aliphatic heterocycles. The van der Waals surface area contributed by atoms with Gasteiger partial charge in [0.15, 0.2) is 6.23 Å². The Labute approximate surface area is 181 Å². The van der Waals surface area contributed by atoms with E-state index in [1.54, 1.807) is 4.57 Å². The molecule has 1 aromatic heterocycles. The predicted molar refractivity (Wildman–Crippen MR) is 113 cm³/mol. The second kappa shape index (κ2) is 8.35. The molecule has 5 atom stereocenters. The van der Waals surface area contributed by atoms with Crippen molar-refractivity contribution in [2.24, 2.45) is 0 Å². The standard InChI is InChI=1S/C21H21BrClNO5/c22-14-2-1-3-15-17(14)12(8-11-4-6-13(23)7-5-11)9-24(15)21-20(28)19(27)18(26)16(10-25)29-21/h1-7,9,16,18-21,25-28H,8,10H2/t16-,18-,19+,20-,21+/m0/s1. The molecule has 1 aliphatic rings. The fourth-order valence-electron chi connectivity index (χ4n) is 3.83. The van der Waals surface area contributed by atoms with Crippen LogP contribution in [-0.2, 0) is 11.2 Å². The first kappa shape index (κ1) is 20.8. The molecular weight excluding hydrogens is 462 g/mol. The highest BCUT2D eigenvalue weighted by molar-refractivity contribution is 9.10. The molecule has 0 amide bonds. The zero-order valence-electron chi connectivity index (χ0n) is 15.3.